The predicted molar refractivity (Wildman–Crippen MR) is 92.3 cm³/mol. The molecule has 0 aliphatic carbocycles. The third-order valence-corrected chi connectivity index (χ3v) is 4.48. The smallest absolute Gasteiger partial charge is 0.265 e. The maximum atomic E-state index is 12.2. The van der Waals surface area contributed by atoms with Gasteiger partial charge in [-0.2, -0.15) is 0 Å². The zero-order valence-electron chi connectivity index (χ0n) is 10.8. The molecule has 2 aromatic rings. The number of benzene rings is 2. The van der Waals surface area contributed by atoms with Crippen molar-refractivity contribution in [3.8, 4) is 5.75 Å². The quantitative estimate of drug-likeness (QED) is 0.651. The number of rotatable bonds is 2. The second-order valence-corrected chi connectivity index (χ2v) is 6.71. The summed E-state index contributed by atoms with van der Waals surface area (Å²) in [6.07, 6.45) is 0. The van der Waals surface area contributed by atoms with Crippen molar-refractivity contribution in [2.75, 3.05) is 11.5 Å². The fourth-order valence-corrected chi connectivity index (χ4v) is 3.02. The zero-order valence-corrected chi connectivity index (χ0v) is 14.4. The first kappa shape index (κ1) is 14.9. The molecule has 3 rings (SSSR count). The van der Waals surface area contributed by atoms with Crippen molar-refractivity contribution in [3.05, 3.63) is 55.6 Å². The third kappa shape index (κ3) is 3.12. The van der Waals surface area contributed by atoms with Gasteiger partial charge in [0.1, 0.15) is 5.75 Å². The monoisotopic (exact) mass is 433 g/mol. The minimum Gasteiger partial charge on any atom is -0.482 e. The number of amides is 1. The summed E-state index contributed by atoms with van der Waals surface area (Å²) in [6, 6.07) is 11.0. The van der Waals surface area contributed by atoms with Crippen LogP contribution in [0.1, 0.15) is 5.56 Å². The Kier molecular flexibility index (Phi) is 4.28. The van der Waals surface area contributed by atoms with Gasteiger partial charge in [0.15, 0.2) is 6.61 Å². The van der Waals surface area contributed by atoms with E-state index in [-0.39, 0.29) is 12.5 Å². The number of carbonyl (C=O) groups excluding carboxylic acids is 1. The summed E-state index contributed by atoms with van der Waals surface area (Å²) < 4.78 is 6.54. The zero-order chi connectivity index (χ0) is 15.0. The molecule has 0 N–H and O–H groups in total. The fraction of sp³-hybridized carbons (Fsp3) is 0.133. The van der Waals surface area contributed by atoms with Crippen LogP contribution in [0, 0.1) is 3.57 Å². The normalized spacial score (nSPS) is 13.9. The lowest BCUT2D eigenvalue weighted by molar-refractivity contribution is -0.121. The number of ether oxygens (including phenoxy) is 1. The number of carbonyl (C=O) groups is 1. The average molecular weight is 434 g/mol. The molecule has 0 saturated carbocycles. The van der Waals surface area contributed by atoms with Crippen LogP contribution in [0.25, 0.3) is 0 Å². The lowest BCUT2D eigenvalue weighted by Gasteiger charge is -2.29. The Labute approximate surface area is 145 Å². The minimum absolute atomic E-state index is 0.0330. The molecular formula is C15H10Cl2INO2. The third-order valence-electron chi connectivity index (χ3n) is 3.20. The summed E-state index contributed by atoms with van der Waals surface area (Å²) in [5.41, 5.74) is 1.56. The van der Waals surface area contributed by atoms with Crippen LogP contribution in [-0.2, 0) is 11.3 Å². The van der Waals surface area contributed by atoms with Crippen LogP contribution in [0.4, 0.5) is 5.69 Å². The Morgan fingerprint density at radius 2 is 2.00 bits per heavy atom. The van der Waals surface area contributed by atoms with Crippen molar-refractivity contribution in [1.82, 2.24) is 0 Å². The molecule has 0 saturated heterocycles. The van der Waals surface area contributed by atoms with Crippen LogP contribution >= 0.6 is 45.8 Å². The second kappa shape index (κ2) is 6.02. The first-order valence-electron chi connectivity index (χ1n) is 6.21. The highest BCUT2D eigenvalue weighted by molar-refractivity contribution is 14.1. The molecule has 3 nitrogen and oxygen atoms in total. The van der Waals surface area contributed by atoms with E-state index < -0.39 is 0 Å². The van der Waals surface area contributed by atoms with Crippen LogP contribution in [0.2, 0.25) is 10.0 Å². The maximum absolute atomic E-state index is 12.2. The maximum Gasteiger partial charge on any atom is 0.265 e. The summed E-state index contributed by atoms with van der Waals surface area (Å²) in [4.78, 5) is 13.8. The topological polar surface area (TPSA) is 29.5 Å². The summed E-state index contributed by atoms with van der Waals surface area (Å²) in [5, 5.41) is 1.18. The molecule has 2 aromatic carbocycles. The highest BCUT2D eigenvalue weighted by Crippen LogP contribution is 2.35. The van der Waals surface area contributed by atoms with Crippen LogP contribution in [-0.4, -0.2) is 12.5 Å². The molecule has 21 heavy (non-hydrogen) atoms. The molecular weight excluding hydrogens is 424 g/mol. The van der Waals surface area contributed by atoms with Crippen LogP contribution in [0.5, 0.6) is 5.75 Å². The van der Waals surface area contributed by atoms with Gasteiger partial charge in [0.25, 0.3) is 5.91 Å². The van der Waals surface area contributed by atoms with Gasteiger partial charge in [-0.15, -0.1) is 0 Å². The van der Waals surface area contributed by atoms with Gasteiger partial charge in [-0.1, -0.05) is 23.2 Å². The van der Waals surface area contributed by atoms with Crippen LogP contribution < -0.4 is 9.64 Å². The summed E-state index contributed by atoms with van der Waals surface area (Å²) in [7, 11) is 0. The number of anilines is 1. The van der Waals surface area contributed by atoms with Gasteiger partial charge in [0.05, 0.1) is 12.2 Å². The van der Waals surface area contributed by atoms with E-state index in [2.05, 4.69) is 22.6 Å². The van der Waals surface area contributed by atoms with Gasteiger partial charge in [-0.3, -0.25) is 4.79 Å². The van der Waals surface area contributed by atoms with E-state index in [1.165, 1.54) is 0 Å². The molecule has 1 heterocycles. The van der Waals surface area contributed by atoms with Crippen molar-refractivity contribution in [2.24, 2.45) is 0 Å². The van der Waals surface area contributed by atoms with E-state index in [0.717, 1.165) is 14.8 Å². The fourth-order valence-electron chi connectivity index (χ4n) is 2.19. The molecule has 0 aromatic heterocycles. The molecule has 1 aliphatic heterocycles. The highest BCUT2D eigenvalue weighted by Gasteiger charge is 2.26. The number of halogens is 3. The Morgan fingerprint density at radius 1 is 1.19 bits per heavy atom. The van der Waals surface area contributed by atoms with E-state index in [4.69, 9.17) is 27.9 Å². The molecule has 6 heteroatoms. The average Bonchev–Trinajstić information content (AvgIpc) is 2.45. The summed E-state index contributed by atoms with van der Waals surface area (Å²) in [5.74, 6) is 0.611. The molecule has 0 bridgehead atoms. The molecule has 0 spiro atoms. The van der Waals surface area contributed by atoms with Gasteiger partial charge in [0, 0.05) is 13.6 Å². The summed E-state index contributed by atoms with van der Waals surface area (Å²) in [6.45, 7) is 0.403. The molecule has 1 aliphatic rings. The first-order chi connectivity index (χ1) is 10.0. The minimum atomic E-state index is -0.0975. The predicted octanol–water partition coefficient (Wildman–Crippen LogP) is 4.52. The number of hydrogen-bond acceptors (Lipinski definition) is 2. The van der Waals surface area contributed by atoms with Gasteiger partial charge >= 0.3 is 0 Å². The van der Waals surface area contributed by atoms with E-state index in [1.54, 1.807) is 23.1 Å². The van der Waals surface area contributed by atoms with Crippen LogP contribution in [0.3, 0.4) is 0 Å². The molecule has 108 valence electrons. The van der Waals surface area contributed by atoms with Crippen LogP contribution in [0.15, 0.2) is 36.4 Å². The van der Waals surface area contributed by atoms with E-state index in [0.29, 0.717) is 22.3 Å². The molecule has 0 fully saturated rings. The SMILES string of the molecule is O=C1COc2cc(I)ccc2N1Cc1cc(Cl)ccc1Cl. The molecule has 0 unspecified atom stereocenters. The van der Waals surface area contributed by atoms with Crippen molar-refractivity contribution >= 4 is 57.4 Å². The van der Waals surface area contributed by atoms with Gasteiger partial charge < -0.3 is 9.64 Å². The number of hydrogen-bond donors (Lipinski definition) is 0. The standard InChI is InChI=1S/C15H10Cl2INO2/c16-10-1-3-12(17)9(5-10)7-19-13-4-2-11(18)6-14(13)21-8-15(19)20/h1-6H,7-8H2. The van der Waals surface area contributed by atoms with E-state index >= 15 is 0 Å². The molecule has 0 atom stereocenters. The first-order valence-corrected chi connectivity index (χ1v) is 8.05. The van der Waals surface area contributed by atoms with Crippen molar-refractivity contribution in [3.63, 3.8) is 0 Å². The number of fused-ring (bicyclic) bond motifs is 1. The Balaban J connectivity index is 1.98. The summed E-state index contributed by atoms with van der Waals surface area (Å²) >= 11 is 14.4. The van der Waals surface area contributed by atoms with Crippen molar-refractivity contribution in [1.29, 1.82) is 0 Å². The van der Waals surface area contributed by atoms with Gasteiger partial charge in [-0.05, 0) is 64.6 Å². The number of nitrogens with zero attached hydrogens (tertiary/aromatic N) is 1. The highest BCUT2D eigenvalue weighted by atomic mass is 127. The molecule has 0 radical (unpaired) electrons. The Hall–Kier alpha value is -0.980. The Morgan fingerprint density at radius 3 is 2.81 bits per heavy atom. The van der Waals surface area contributed by atoms with Gasteiger partial charge in [-0.25, -0.2) is 0 Å². The van der Waals surface area contributed by atoms with Gasteiger partial charge in [0.2, 0.25) is 0 Å². The van der Waals surface area contributed by atoms with E-state index in [9.17, 15) is 4.79 Å². The van der Waals surface area contributed by atoms with Crippen molar-refractivity contribution < 1.29 is 9.53 Å². The van der Waals surface area contributed by atoms with E-state index in [1.807, 2.05) is 18.2 Å². The van der Waals surface area contributed by atoms with Crippen molar-refractivity contribution in [2.45, 2.75) is 6.54 Å². The lowest BCUT2D eigenvalue weighted by atomic mass is 10.1. The second-order valence-electron chi connectivity index (χ2n) is 4.62. The largest absolute Gasteiger partial charge is 0.482 e. The lowest BCUT2D eigenvalue weighted by Crippen LogP contribution is -2.38. The molecule has 1 amide bonds. The Bertz CT molecular complexity index is 721.